The largest absolute Gasteiger partial charge is 0.325 e. The van der Waals surface area contributed by atoms with E-state index in [1.807, 2.05) is 0 Å². The number of nitrogens with zero attached hydrogens (tertiary/aromatic N) is 1. The normalized spacial score (nSPS) is 10.8. The van der Waals surface area contributed by atoms with E-state index < -0.39 is 26.4 Å². The second-order valence-electron chi connectivity index (χ2n) is 4.15. The van der Waals surface area contributed by atoms with Crippen LogP contribution in [0.4, 0.5) is 11.4 Å². The minimum absolute atomic E-state index is 0.181. The van der Waals surface area contributed by atoms with Crippen LogP contribution in [0.25, 0.3) is 0 Å². The quantitative estimate of drug-likeness (QED) is 0.486. The maximum absolute atomic E-state index is 11.6. The van der Waals surface area contributed by atoms with E-state index >= 15 is 0 Å². The van der Waals surface area contributed by atoms with Crippen molar-refractivity contribution in [2.45, 2.75) is 6.92 Å². The Morgan fingerprint density at radius 3 is 2.70 bits per heavy atom. The zero-order chi connectivity index (χ0) is 15.3. The van der Waals surface area contributed by atoms with Gasteiger partial charge in [-0.25, -0.2) is 8.42 Å². The van der Waals surface area contributed by atoms with Crippen molar-refractivity contribution in [3.63, 3.8) is 0 Å². The van der Waals surface area contributed by atoms with Crippen molar-refractivity contribution in [3.8, 4) is 0 Å². The zero-order valence-electron chi connectivity index (χ0n) is 10.8. The lowest BCUT2D eigenvalue weighted by Crippen LogP contribution is -2.24. The SMILES string of the molecule is C=CCS(=O)(=O)CC(=O)Nc1cc([N+](=O)[O-])ccc1C. The van der Waals surface area contributed by atoms with E-state index in [0.717, 1.165) is 0 Å². The fourth-order valence-corrected chi connectivity index (χ4v) is 2.43. The topological polar surface area (TPSA) is 106 Å². The van der Waals surface area contributed by atoms with Crippen molar-refractivity contribution in [1.82, 2.24) is 0 Å². The molecule has 1 aromatic carbocycles. The predicted molar refractivity (Wildman–Crippen MR) is 75.3 cm³/mol. The smallest absolute Gasteiger partial charge is 0.271 e. The van der Waals surface area contributed by atoms with Crippen molar-refractivity contribution in [1.29, 1.82) is 0 Å². The van der Waals surface area contributed by atoms with Crippen LogP contribution in [0.1, 0.15) is 5.56 Å². The van der Waals surface area contributed by atoms with E-state index in [1.54, 1.807) is 6.92 Å². The average molecular weight is 298 g/mol. The third kappa shape index (κ3) is 4.47. The number of nitro groups is 1. The molecule has 0 saturated heterocycles. The summed E-state index contributed by atoms with van der Waals surface area (Å²) in [5, 5.41) is 13.0. The lowest BCUT2D eigenvalue weighted by molar-refractivity contribution is -0.384. The van der Waals surface area contributed by atoms with Crippen LogP contribution in [0.5, 0.6) is 0 Å². The third-order valence-electron chi connectivity index (χ3n) is 2.43. The summed E-state index contributed by atoms with van der Waals surface area (Å²) >= 11 is 0. The van der Waals surface area contributed by atoms with Crippen LogP contribution >= 0.6 is 0 Å². The molecular weight excluding hydrogens is 284 g/mol. The van der Waals surface area contributed by atoms with E-state index in [2.05, 4.69) is 11.9 Å². The molecule has 7 nitrogen and oxygen atoms in total. The molecule has 108 valence electrons. The average Bonchev–Trinajstić information content (AvgIpc) is 2.30. The van der Waals surface area contributed by atoms with Crippen LogP contribution in [0.15, 0.2) is 30.9 Å². The van der Waals surface area contributed by atoms with E-state index in [9.17, 15) is 23.3 Å². The maximum Gasteiger partial charge on any atom is 0.271 e. The number of nitrogens with one attached hydrogen (secondary N) is 1. The maximum atomic E-state index is 11.6. The number of rotatable bonds is 6. The Balaban J connectivity index is 2.88. The van der Waals surface area contributed by atoms with Crippen LogP contribution < -0.4 is 5.32 Å². The Bertz CT molecular complexity index is 652. The molecule has 0 unspecified atom stereocenters. The highest BCUT2D eigenvalue weighted by atomic mass is 32.2. The van der Waals surface area contributed by atoms with Crippen LogP contribution in [-0.2, 0) is 14.6 Å². The summed E-state index contributed by atoms with van der Waals surface area (Å²) in [7, 11) is -3.55. The van der Waals surface area contributed by atoms with Gasteiger partial charge < -0.3 is 5.32 Å². The Labute approximate surface area is 116 Å². The molecule has 8 heteroatoms. The number of hydrogen-bond donors (Lipinski definition) is 1. The van der Waals surface area contributed by atoms with Gasteiger partial charge in [-0.2, -0.15) is 0 Å². The zero-order valence-corrected chi connectivity index (χ0v) is 11.6. The van der Waals surface area contributed by atoms with Crippen molar-refractivity contribution < 1.29 is 18.1 Å². The van der Waals surface area contributed by atoms with Gasteiger partial charge in [0.1, 0.15) is 5.75 Å². The summed E-state index contributed by atoms with van der Waals surface area (Å²) in [6, 6.07) is 3.97. The molecule has 1 N–H and O–H groups in total. The Morgan fingerprint density at radius 2 is 2.15 bits per heavy atom. The molecule has 0 atom stereocenters. The van der Waals surface area contributed by atoms with Crippen LogP contribution in [-0.4, -0.2) is 30.8 Å². The van der Waals surface area contributed by atoms with Crippen molar-refractivity contribution >= 4 is 27.1 Å². The number of non-ortho nitro benzene ring substituents is 1. The molecule has 1 rings (SSSR count). The number of benzene rings is 1. The Morgan fingerprint density at radius 1 is 1.50 bits per heavy atom. The number of carbonyl (C=O) groups is 1. The molecule has 0 aliphatic heterocycles. The number of nitro benzene ring substituents is 1. The highest BCUT2D eigenvalue weighted by molar-refractivity contribution is 7.92. The first-order chi connectivity index (χ1) is 9.25. The van der Waals surface area contributed by atoms with Gasteiger partial charge in [0, 0.05) is 12.1 Å². The van der Waals surface area contributed by atoms with Gasteiger partial charge in [0.05, 0.1) is 16.4 Å². The van der Waals surface area contributed by atoms with E-state index in [4.69, 9.17) is 0 Å². The van der Waals surface area contributed by atoms with Crippen molar-refractivity contribution in [2.75, 3.05) is 16.8 Å². The number of aryl methyl sites for hydroxylation is 1. The first-order valence-corrected chi connectivity index (χ1v) is 7.43. The lowest BCUT2D eigenvalue weighted by atomic mass is 10.2. The summed E-state index contributed by atoms with van der Waals surface area (Å²) in [5.74, 6) is -1.73. The van der Waals surface area contributed by atoms with Gasteiger partial charge in [-0.05, 0) is 12.5 Å². The first kappa shape index (κ1) is 15.8. The summed E-state index contributed by atoms with van der Waals surface area (Å²) in [6.07, 6.45) is 1.20. The summed E-state index contributed by atoms with van der Waals surface area (Å²) in [5.41, 5.74) is 0.642. The highest BCUT2D eigenvalue weighted by Gasteiger charge is 2.17. The van der Waals surface area contributed by atoms with Gasteiger partial charge >= 0.3 is 0 Å². The monoisotopic (exact) mass is 298 g/mol. The fraction of sp³-hybridized carbons (Fsp3) is 0.250. The molecule has 1 aromatic rings. The summed E-state index contributed by atoms with van der Waals surface area (Å²) < 4.78 is 22.9. The van der Waals surface area contributed by atoms with Gasteiger partial charge in [0.15, 0.2) is 9.84 Å². The molecule has 0 heterocycles. The van der Waals surface area contributed by atoms with Gasteiger partial charge in [0.25, 0.3) is 5.69 Å². The molecular formula is C12H14N2O5S. The highest BCUT2D eigenvalue weighted by Crippen LogP contribution is 2.21. The standard InChI is InChI=1S/C12H14N2O5S/c1-3-6-20(18,19)8-12(15)13-11-7-10(14(16)17)5-4-9(11)2/h3-5,7H,1,6,8H2,2H3,(H,13,15). The number of amides is 1. The number of carbonyl (C=O) groups excluding carboxylic acids is 1. The molecule has 0 radical (unpaired) electrons. The lowest BCUT2D eigenvalue weighted by Gasteiger charge is -2.08. The molecule has 0 aromatic heterocycles. The predicted octanol–water partition coefficient (Wildman–Crippen LogP) is 1.44. The van der Waals surface area contributed by atoms with Gasteiger partial charge in [0.2, 0.25) is 5.91 Å². The third-order valence-corrected chi connectivity index (χ3v) is 3.87. The van der Waals surface area contributed by atoms with E-state index in [-0.39, 0.29) is 17.1 Å². The summed E-state index contributed by atoms with van der Waals surface area (Å²) in [6.45, 7) is 4.95. The van der Waals surface area contributed by atoms with Crippen LogP contribution in [0.2, 0.25) is 0 Å². The minimum atomic E-state index is -3.55. The molecule has 0 spiro atoms. The van der Waals surface area contributed by atoms with Crippen LogP contribution in [0.3, 0.4) is 0 Å². The van der Waals surface area contributed by atoms with Gasteiger partial charge in [-0.1, -0.05) is 12.1 Å². The molecule has 20 heavy (non-hydrogen) atoms. The minimum Gasteiger partial charge on any atom is -0.325 e. The molecule has 0 aliphatic rings. The van der Waals surface area contributed by atoms with E-state index in [0.29, 0.717) is 5.56 Å². The first-order valence-electron chi connectivity index (χ1n) is 5.61. The Kier molecular flexibility index (Phi) is 4.98. The van der Waals surface area contributed by atoms with Crippen LogP contribution in [0, 0.1) is 17.0 Å². The van der Waals surface area contributed by atoms with Gasteiger partial charge in [-0.3, -0.25) is 14.9 Å². The number of sulfone groups is 1. The second kappa shape index (κ2) is 6.29. The molecule has 0 bridgehead atoms. The van der Waals surface area contributed by atoms with E-state index in [1.165, 1.54) is 24.3 Å². The van der Waals surface area contributed by atoms with Crippen molar-refractivity contribution in [3.05, 3.63) is 46.5 Å². The number of anilines is 1. The summed E-state index contributed by atoms with van der Waals surface area (Å²) in [4.78, 5) is 21.7. The molecule has 0 aliphatic carbocycles. The van der Waals surface area contributed by atoms with Crippen molar-refractivity contribution in [2.24, 2.45) is 0 Å². The second-order valence-corrected chi connectivity index (χ2v) is 6.26. The molecule has 0 saturated carbocycles. The molecule has 0 fully saturated rings. The fourth-order valence-electron chi connectivity index (χ4n) is 1.48. The Hall–Kier alpha value is -2.22. The number of hydrogen-bond acceptors (Lipinski definition) is 5. The van der Waals surface area contributed by atoms with Gasteiger partial charge in [-0.15, -0.1) is 6.58 Å². The molecule has 1 amide bonds.